The minimum atomic E-state index is 0.325. The van der Waals surface area contributed by atoms with Gasteiger partial charge < -0.3 is 4.74 Å². The highest BCUT2D eigenvalue weighted by Crippen LogP contribution is 2.31. The molecule has 0 unspecified atom stereocenters. The van der Waals surface area contributed by atoms with Crippen molar-refractivity contribution in [2.24, 2.45) is 0 Å². The first-order valence-corrected chi connectivity index (χ1v) is 6.80. The number of nitrogens with zero attached hydrogens (tertiary/aromatic N) is 3. The highest BCUT2D eigenvalue weighted by atomic mass is 16.5. The van der Waals surface area contributed by atoms with Gasteiger partial charge >= 0.3 is 0 Å². The summed E-state index contributed by atoms with van der Waals surface area (Å²) in [5, 5.41) is 16.7. The van der Waals surface area contributed by atoms with E-state index in [2.05, 4.69) is 34.6 Å². The Morgan fingerprint density at radius 1 is 1.16 bits per heavy atom. The molecule has 0 aliphatic carbocycles. The van der Waals surface area contributed by atoms with Gasteiger partial charge in [0.2, 0.25) is 0 Å². The predicted molar refractivity (Wildman–Crippen MR) is 74.4 cm³/mol. The summed E-state index contributed by atoms with van der Waals surface area (Å²) in [7, 11) is 0. The minimum absolute atomic E-state index is 0.325. The lowest BCUT2D eigenvalue weighted by molar-refractivity contribution is -0.977. The largest absolute Gasteiger partial charge is 0.329 e. The van der Waals surface area contributed by atoms with Gasteiger partial charge in [-0.25, -0.2) is 5.32 Å². The Labute approximate surface area is 117 Å². The number of ether oxygens (including phenoxy) is 1. The Morgan fingerprint density at radius 2 is 1.63 bits per heavy atom. The molecule has 0 aromatic heterocycles. The maximum Gasteiger partial charge on any atom is 0.190 e. The van der Waals surface area contributed by atoms with Crippen LogP contribution in [0.4, 0.5) is 0 Å². The van der Waals surface area contributed by atoms with E-state index in [4.69, 9.17) is 15.3 Å². The average molecular weight is 267 g/mol. The van der Waals surface area contributed by atoms with E-state index < -0.39 is 0 Å². The van der Waals surface area contributed by atoms with Crippen LogP contribution < -0.4 is 5.32 Å². The fourth-order valence-corrected chi connectivity index (χ4v) is 2.25. The Hall–Kier alpha value is -1.30. The molecule has 1 aliphatic rings. The summed E-state index contributed by atoms with van der Waals surface area (Å²) in [5.74, 6) is 0. The van der Waals surface area contributed by atoms with Crippen LogP contribution in [0.2, 0.25) is 0 Å². The summed E-state index contributed by atoms with van der Waals surface area (Å²) >= 11 is 0. The fourth-order valence-electron chi connectivity index (χ4n) is 2.25. The minimum Gasteiger partial charge on any atom is -0.329 e. The smallest absolute Gasteiger partial charge is 0.190 e. The second-order valence-electron chi connectivity index (χ2n) is 6.16. The van der Waals surface area contributed by atoms with E-state index in [0.29, 0.717) is 11.6 Å². The standard InChI is InChI=1S/C12H26NO.C2HN3/c1-11(2)14-10-13(12(3,4)5)8-6-7-9-13;3-1-5-2-4/h11H,6-10H2,1-5H3;5H/q+1;. The molecule has 0 amide bonds. The number of hydrogen-bond donors (Lipinski definition) is 1. The topological polar surface area (TPSA) is 68.8 Å². The zero-order valence-corrected chi connectivity index (χ0v) is 12.9. The van der Waals surface area contributed by atoms with Crippen LogP contribution in [0.5, 0.6) is 0 Å². The molecule has 5 nitrogen and oxygen atoms in total. The zero-order valence-electron chi connectivity index (χ0n) is 12.9. The van der Waals surface area contributed by atoms with Gasteiger partial charge in [-0.05, 0) is 34.6 Å². The summed E-state index contributed by atoms with van der Waals surface area (Å²) < 4.78 is 6.97. The molecule has 0 saturated carbocycles. The van der Waals surface area contributed by atoms with Gasteiger partial charge in [0.05, 0.1) is 24.7 Å². The van der Waals surface area contributed by atoms with Crippen molar-refractivity contribution in [1.29, 1.82) is 10.5 Å². The Bertz CT molecular complexity index is 315. The average Bonchev–Trinajstić information content (AvgIpc) is 2.77. The Kier molecular flexibility index (Phi) is 7.44. The van der Waals surface area contributed by atoms with Crippen LogP contribution in [0.15, 0.2) is 0 Å². The summed E-state index contributed by atoms with van der Waals surface area (Å²) in [6.07, 6.45) is 5.89. The van der Waals surface area contributed by atoms with Crippen LogP contribution in [0.3, 0.4) is 0 Å². The molecular formula is C14H27N4O+. The SMILES string of the molecule is CC(C)OC[N+]1(C(C)(C)C)CCCC1.N#CNC#N. The third-order valence-corrected chi connectivity index (χ3v) is 3.61. The Balaban J connectivity index is 0.000000555. The molecule has 1 aliphatic heterocycles. The van der Waals surface area contributed by atoms with Crippen molar-refractivity contribution >= 4 is 0 Å². The first-order valence-electron chi connectivity index (χ1n) is 6.80. The number of nitrogens with one attached hydrogen (secondary N) is 1. The third kappa shape index (κ3) is 5.92. The molecule has 108 valence electrons. The van der Waals surface area contributed by atoms with Gasteiger partial charge in [0.15, 0.2) is 19.1 Å². The molecule has 1 N–H and O–H groups in total. The maximum absolute atomic E-state index is 7.48. The van der Waals surface area contributed by atoms with E-state index in [1.807, 2.05) is 0 Å². The molecule has 0 spiro atoms. The third-order valence-electron chi connectivity index (χ3n) is 3.61. The second-order valence-corrected chi connectivity index (χ2v) is 6.16. The number of likely N-dealkylation sites (tertiary alicyclic amines) is 1. The summed E-state index contributed by atoms with van der Waals surface area (Å²) in [6.45, 7) is 14.7. The summed E-state index contributed by atoms with van der Waals surface area (Å²) in [4.78, 5) is 0. The van der Waals surface area contributed by atoms with Crippen LogP contribution in [0.1, 0.15) is 47.5 Å². The van der Waals surface area contributed by atoms with E-state index in [1.165, 1.54) is 38.3 Å². The van der Waals surface area contributed by atoms with E-state index in [1.54, 1.807) is 5.32 Å². The maximum atomic E-state index is 7.48. The van der Waals surface area contributed by atoms with Crippen molar-refractivity contribution in [3.63, 3.8) is 0 Å². The van der Waals surface area contributed by atoms with Gasteiger partial charge in [0.25, 0.3) is 0 Å². The van der Waals surface area contributed by atoms with Crippen LogP contribution in [0.25, 0.3) is 0 Å². The molecule has 0 aromatic rings. The molecule has 1 heterocycles. The van der Waals surface area contributed by atoms with Crippen molar-refractivity contribution in [2.45, 2.75) is 59.1 Å². The first-order chi connectivity index (χ1) is 8.79. The normalized spacial score (nSPS) is 17.1. The van der Waals surface area contributed by atoms with Crippen LogP contribution in [-0.2, 0) is 4.74 Å². The van der Waals surface area contributed by atoms with Crippen LogP contribution >= 0.6 is 0 Å². The lowest BCUT2D eigenvalue weighted by Gasteiger charge is -2.45. The quantitative estimate of drug-likeness (QED) is 0.484. The van der Waals surface area contributed by atoms with Gasteiger partial charge in [-0.15, -0.1) is 0 Å². The molecule has 1 saturated heterocycles. The molecule has 0 radical (unpaired) electrons. The van der Waals surface area contributed by atoms with Gasteiger partial charge in [0, 0.05) is 12.8 Å². The van der Waals surface area contributed by atoms with Crippen molar-refractivity contribution in [3.8, 4) is 12.4 Å². The van der Waals surface area contributed by atoms with Crippen molar-refractivity contribution in [1.82, 2.24) is 5.32 Å². The lowest BCUT2D eigenvalue weighted by atomic mass is 10.0. The van der Waals surface area contributed by atoms with Crippen molar-refractivity contribution in [3.05, 3.63) is 0 Å². The van der Waals surface area contributed by atoms with Gasteiger partial charge in [-0.3, -0.25) is 4.48 Å². The lowest BCUT2D eigenvalue weighted by Crippen LogP contribution is -2.59. The monoisotopic (exact) mass is 267 g/mol. The predicted octanol–water partition coefficient (Wildman–Crippen LogP) is 2.32. The summed E-state index contributed by atoms with van der Waals surface area (Å²) in [6, 6.07) is 0. The van der Waals surface area contributed by atoms with Crippen molar-refractivity contribution in [2.75, 3.05) is 19.8 Å². The second kappa shape index (κ2) is 7.99. The number of hydrogen-bond acceptors (Lipinski definition) is 4. The fraction of sp³-hybridized carbons (Fsp3) is 0.857. The molecule has 5 heteroatoms. The van der Waals surface area contributed by atoms with E-state index in [-0.39, 0.29) is 0 Å². The molecular weight excluding hydrogens is 240 g/mol. The molecule has 19 heavy (non-hydrogen) atoms. The van der Waals surface area contributed by atoms with Gasteiger partial charge in [0.1, 0.15) is 0 Å². The first kappa shape index (κ1) is 17.7. The molecule has 0 atom stereocenters. The molecule has 1 rings (SSSR count). The van der Waals surface area contributed by atoms with E-state index in [0.717, 1.165) is 11.2 Å². The summed E-state index contributed by atoms with van der Waals surface area (Å²) in [5.41, 5.74) is 0.325. The van der Waals surface area contributed by atoms with Crippen molar-refractivity contribution < 1.29 is 9.22 Å². The van der Waals surface area contributed by atoms with E-state index in [9.17, 15) is 0 Å². The van der Waals surface area contributed by atoms with Gasteiger partial charge in [-0.1, -0.05) is 0 Å². The highest BCUT2D eigenvalue weighted by Gasteiger charge is 2.42. The molecule has 1 fully saturated rings. The number of nitriles is 2. The van der Waals surface area contributed by atoms with Gasteiger partial charge in [-0.2, -0.15) is 10.5 Å². The van der Waals surface area contributed by atoms with E-state index >= 15 is 0 Å². The molecule has 0 aromatic carbocycles. The highest BCUT2D eigenvalue weighted by molar-refractivity contribution is 4.77. The van der Waals surface area contributed by atoms with Crippen LogP contribution in [-0.4, -0.2) is 35.9 Å². The van der Waals surface area contributed by atoms with Crippen LogP contribution in [0, 0.1) is 22.9 Å². The zero-order chi connectivity index (χ0) is 14.9. The molecule has 0 bridgehead atoms. The number of quaternary nitrogens is 1. The number of rotatable bonds is 3. The Morgan fingerprint density at radius 3 is 1.89 bits per heavy atom.